The van der Waals surface area contributed by atoms with Crippen molar-refractivity contribution in [2.24, 2.45) is 0 Å². The van der Waals surface area contributed by atoms with Gasteiger partial charge in [-0.15, -0.1) is 9.97 Å². The Kier molecular flexibility index (Phi) is 7.05. The Hall–Kier alpha value is -2.52. The highest BCUT2D eigenvalue weighted by atomic mass is 19.1. The van der Waals surface area contributed by atoms with Crippen LogP contribution in [0.2, 0.25) is 0 Å². The molecule has 1 aliphatic heterocycles. The Balaban J connectivity index is 1.73. The molecule has 32 heavy (non-hydrogen) atoms. The van der Waals surface area contributed by atoms with E-state index in [0.717, 1.165) is 31.4 Å². The molecule has 1 saturated carbocycles. The van der Waals surface area contributed by atoms with Crippen LogP contribution in [-0.2, 0) is 4.74 Å². The fourth-order valence-electron chi connectivity index (χ4n) is 4.89. The van der Waals surface area contributed by atoms with E-state index in [4.69, 9.17) is 20.2 Å². The first kappa shape index (κ1) is 22.7. The third kappa shape index (κ3) is 4.78. The third-order valence-corrected chi connectivity index (χ3v) is 6.84. The zero-order valence-electron chi connectivity index (χ0n) is 19.0. The van der Waals surface area contributed by atoms with Gasteiger partial charge in [-0.05, 0) is 18.9 Å². The van der Waals surface area contributed by atoms with Gasteiger partial charge in [-0.2, -0.15) is 4.98 Å². The molecule has 2 aromatic rings. The first-order valence-corrected chi connectivity index (χ1v) is 11.6. The second-order valence-corrected chi connectivity index (χ2v) is 8.89. The summed E-state index contributed by atoms with van der Waals surface area (Å²) < 4.78 is 25.7. The molecule has 2 aliphatic rings. The van der Waals surface area contributed by atoms with Crippen molar-refractivity contribution >= 4 is 23.5 Å². The maximum atomic E-state index is 14.7. The predicted octanol–water partition coefficient (Wildman–Crippen LogP) is 4.18. The Labute approximate surface area is 188 Å². The lowest BCUT2D eigenvalue weighted by molar-refractivity contribution is 0.0570. The van der Waals surface area contributed by atoms with E-state index in [1.165, 1.54) is 38.9 Å². The van der Waals surface area contributed by atoms with Crippen LogP contribution in [0.4, 0.5) is 27.9 Å². The van der Waals surface area contributed by atoms with E-state index in [1.54, 1.807) is 6.07 Å². The number of ether oxygens (including phenoxy) is 2. The summed E-state index contributed by atoms with van der Waals surface area (Å²) in [6.07, 6.45) is 8.74. The van der Waals surface area contributed by atoms with Crippen molar-refractivity contribution in [3.63, 3.8) is 0 Å². The SMILES string of the molecule is COc1ccc([N+](C)(c2nc(N)nc(NC3CCCCCC3)n2)C2CCOCC2)cc1F. The number of hydrogen-bond donors (Lipinski definition) is 2. The van der Waals surface area contributed by atoms with Gasteiger partial charge in [0.05, 0.1) is 27.4 Å². The van der Waals surface area contributed by atoms with Gasteiger partial charge in [0.15, 0.2) is 11.6 Å². The van der Waals surface area contributed by atoms with Crippen molar-refractivity contribution in [2.45, 2.75) is 63.5 Å². The van der Waals surface area contributed by atoms with Crippen LogP contribution in [0.25, 0.3) is 0 Å². The largest absolute Gasteiger partial charge is 0.494 e. The van der Waals surface area contributed by atoms with Crippen molar-refractivity contribution < 1.29 is 13.9 Å². The summed E-state index contributed by atoms with van der Waals surface area (Å²) in [5.74, 6) is 0.949. The Morgan fingerprint density at radius 2 is 1.78 bits per heavy atom. The maximum absolute atomic E-state index is 14.7. The van der Waals surface area contributed by atoms with E-state index in [0.29, 0.717) is 31.2 Å². The molecule has 174 valence electrons. The Morgan fingerprint density at radius 1 is 1.06 bits per heavy atom. The van der Waals surface area contributed by atoms with E-state index >= 15 is 0 Å². The summed E-state index contributed by atoms with van der Waals surface area (Å²) in [5, 5.41) is 3.49. The fourth-order valence-corrected chi connectivity index (χ4v) is 4.89. The van der Waals surface area contributed by atoms with Crippen LogP contribution < -0.4 is 20.3 Å². The molecule has 0 spiro atoms. The standard InChI is InChI=1S/C23H34FN6O2/c1-30(17-11-13-32-14-12-17,18-9-10-20(31-2)19(24)15-18)23-28-21(25)27-22(29-23)26-16-7-5-3-4-6-8-16/h9-10,15-17H,3-8,11-14H2,1-2H3,(H3,25,26,27,28,29)/q+1. The van der Waals surface area contributed by atoms with Crippen molar-refractivity contribution in [3.05, 3.63) is 24.0 Å². The molecule has 0 radical (unpaired) electrons. The number of methoxy groups -OCH3 is 1. The first-order valence-electron chi connectivity index (χ1n) is 11.6. The van der Waals surface area contributed by atoms with Gasteiger partial charge < -0.3 is 20.5 Å². The van der Waals surface area contributed by atoms with E-state index in [-0.39, 0.29) is 22.2 Å². The molecular weight excluding hydrogens is 411 g/mol. The quantitative estimate of drug-likeness (QED) is 0.509. The zero-order chi connectivity index (χ0) is 22.6. The number of nitrogens with one attached hydrogen (secondary N) is 1. The highest BCUT2D eigenvalue weighted by Crippen LogP contribution is 2.39. The number of hydrogen-bond acceptors (Lipinski definition) is 7. The van der Waals surface area contributed by atoms with Crippen LogP contribution in [0.3, 0.4) is 0 Å². The molecule has 1 unspecified atom stereocenters. The summed E-state index contributed by atoms with van der Waals surface area (Å²) in [6, 6.07) is 5.47. The topological polar surface area (TPSA) is 95.2 Å². The van der Waals surface area contributed by atoms with Crippen molar-refractivity contribution in [1.29, 1.82) is 0 Å². The molecule has 1 aromatic heterocycles. The Bertz CT molecular complexity index is 915. The highest BCUT2D eigenvalue weighted by Gasteiger charge is 2.42. The monoisotopic (exact) mass is 445 g/mol. The predicted molar refractivity (Wildman–Crippen MR) is 124 cm³/mol. The molecule has 1 aliphatic carbocycles. The van der Waals surface area contributed by atoms with E-state index in [2.05, 4.69) is 15.3 Å². The second kappa shape index (κ2) is 9.95. The number of nitrogens with zero attached hydrogens (tertiary/aromatic N) is 4. The van der Waals surface area contributed by atoms with Crippen LogP contribution in [0, 0.1) is 5.82 Å². The number of halogens is 1. The van der Waals surface area contributed by atoms with Gasteiger partial charge in [0.2, 0.25) is 11.9 Å². The summed E-state index contributed by atoms with van der Waals surface area (Å²) in [5.41, 5.74) is 6.88. The maximum Gasteiger partial charge on any atom is 0.340 e. The van der Waals surface area contributed by atoms with Gasteiger partial charge in [0.1, 0.15) is 11.7 Å². The Morgan fingerprint density at radius 3 is 2.44 bits per heavy atom. The number of rotatable bonds is 6. The summed E-state index contributed by atoms with van der Waals surface area (Å²) >= 11 is 0. The normalized spacial score (nSPS) is 20.3. The lowest BCUT2D eigenvalue weighted by Crippen LogP contribution is -2.52. The molecule has 2 fully saturated rings. The van der Waals surface area contributed by atoms with Gasteiger partial charge in [-0.1, -0.05) is 25.7 Å². The number of aromatic nitrogens is 3. The average Bonchev–Trinajstić information content (AvgIpc) is 3.07. The highest BCUT2D eigenvalue weighted by molar-refractivity contribution is 5.56. The first-order chi connectivity index (χ1) is 15.5. The molecule has 3 N–H and O–H groups in total. The molecular formula is C23H34FN6O2+. The van der Waals surface area contributed by atoms with Gasteiger partial charge in [-0.3, -0.25) is 0 Å². The minimum Gasteiger partial charge on any atom is -0.494 e. The molecule has 2 heterocycles. The minimum atomic E-state index is -0.416. The lowest BCUT2D eigenvalue weighted by Gasteiger charge is -2.40. The van der Waals surface area contributed by atoms with Crippen LogP contribution in [0.1, 0.15) is 51.4 Å². The van der Waals surface area contributed by atoms with Crippen molar-refractivity contribution in [3.8, 4) is 5.75 Å². The summed E-state index contributed by atoms with van der Waals surface area (Å²) in [6.45, 7) is 1.29. The molecule has 9 heteroatoms. The third-order valence-electron chi connectivity index (χ3n) is 6.84. The van der Waals surface area contributed by atoms with Crippen molar-refractivity contribution in [2.75, 3.05) is 38.4 Å². The molecule has 4 rings (SSSR count). The molecule has 0 bridgehead atoms. The summed E-state index contributed by atoms with van der Waals surface area (Å²) in [7, 11) is 3.48. The molecule has 1 atom stereocenters. The van der Waals surface area contributed by atoms with E-state index in [9.17, 15) is 4.39 Å². The fraction of sp³-hybridized carbons (Fsp3) is 0.609. The van der Waals surface area contributed by atoms with Gasteiger partial charge in [0.25, 0.3) is 0 Å². The molecule has 8 nitrogen and oxygen atoms in total. The van der Waals surface area contributed by atoms with Crippen LogP contribution >= 0.6 is 0 Å². The molecule has 0 amide bonds. The van der Waals surface area contributed by atoms with Gasteiger partial charge in [0, 0.05) is 31.0 Å². The van der Waals surface area contributed by atoms with Gasteiger partial charge >= 0.3 is 5.95 Å². The molecule has 1 aromatic carbocycles. The van der Waals surface area contributed by atoms with Crippen molar-refractivity contribution in [1.82, 2.24) is 19.4 Å². The summed E-state index contributed by atoms with van der Waals surface area (Å²) in [4.78, 5) is 13.7. The average molecular weight is 446 g/mol. The number of quaternary nitrogens is 1. The van der Waals surface area contributed by atoms with Crippen LogP contribution in [0.5, 0.6) is 5.75 Å². The second-order valence-electron chi connectivity index (χ2n) is 8.89. The number of anilines is 2. The smallest absolute Gasteiger partial charge is 0.340 e. The lowest BCUT2D eigenvalue weighted by atomic mass is 10.0. The number of benzene rings is 1. The number of nitrogen functional groups attached to an aromatic ring is 1. The zero-order valence-corrected chi connectivity index (χ0v) is 19.0. The molecule has 1 saturated heterocycles. The van der Waals surface area contributed by atoms with Crippen LogP contribution in [-0.4, -0.2) is 54.4 Å². The minimum absolute atomic E-state index is 0.115. The van der Waals surface area contributed by atoms with Crippen LogP contribution in [0.15, 0.2) is 18.2 Å². The van der Waals surface area contributed by atoms with Gasteiger partial charge in [-0.25, -0.2) is 8.87 Å². The van der Waals surface area contributed by atoms with E-state index < -0.39 is 5.82 Å². The number of nitrogens with two attached hydrogens (primary N) is 1. The van der Waals surface area contributed by atoms with E-state index in [1.807, 2.05) is 13.1 Å².